The molecule has 3 rings (SSSR count). The zero-order valence-corrected chi connectivity index (χ0v) is 16.7. The van der Waals surface area contributed by atoms with Gasteiger partial charge in [0.15, 0.2) is 0 Å². The zero-order valence-electron chi connectivity index (χ0n) is 16.7. The van der Waals surface area contributed by atoms with Gasteiger partial charge in [-0.25, -0.2) is 14.6 Å². The fraction of sp³-hybridized carbons (Fsp3) is 0.579. The normalized spacial score (nSPS) is 25.0. The lowest BCUT2D eigenvalue weighted by Crippen LogP contribution is -2.63. The van der Waals surface area contributed by atoms with Crippen molar-refractivity contribution in [2.75, 3.05) is 31.1 Å². The van der Waals surface area contributed by atoms with Crippen molar-refractivity contribution in [1.29, 1.82) is 0 Å². The highest BCUT2D eigenvalue weighted by atomic mass is 16.5. The lowest BCUT2D eigenvalue weighted by Gasteiger charge is -2.43. The van der Waals surface area contributed by atoms with Crippen LogP contribution in [0.1, 0.15) is 33.1 Å². The number of carboxylic acid groups (broad SMARTS) is 1. The summed E-state index contributed by atoms with van der Waals surface area (Å²) in [6.45, 7) is 5.71. The molecule has 2 fully saturated rings. The Balaban J connectivity index is 1.46. The quantitative estimate of drug-likeness (QED) is 0.611. The molecule has 3 heterocycles. The smallest absolute Gasteiger partial charge is 0.407 e. The molecule has 2 unspecified atom stereocenters. The van der Waals surface area contributed by atoms with E-state index in [0.29, 0.717) is 37.8 Å². The number of nitrogens with zero attached hydrogens (tertiary/aromatic N) is 3. The summed E-state index contributed by atoms with van der Waals surface area (Å²) in [6, 6.07) is 3.07. The molecule has 2 atom stereocenters. The summed E-state index contributed by atoms with van der Waals surface area (Å²) in [5.41, 5.74) is 0.305. The van der Waals surface area contributed by atoms with Gasteiger partial charge in [0.05, 0.1) is 18.5 Å². The Morgan fingerprint density at radius 2 is 2.21 bits per heavy atom. The van der Waals surface area contributed by atoms with Crippen molar-refractivity contribution in [3.63, 3.8) is 0 Å². The van der Waals surface area contributed by atoms with E-state index in [1.807, 2.05) is 13.8 Å². The minimum Gasteiger partial charge on any atom is -0.478 e. The van der Waals surface area contributed by atoms with Gasteiger partial charge in [-0.3, -0.25) is 15.0 Å². The van der Waals surface area contributed by atoms with Crippen LogP contribution in [0.5, 0.6) is 5.88 Å². The Hall–Kier alpha value is -2.88. The van der Waals surface area contributed by atoms with Crippen molar-refractivity contribution in [2.24, 2.45) is 0 Å². The van der Waals surface area contributed by atoms with Crippen LogP contribution < -0.4 is 20.3 Å². The second kappa shape index (κ2) is 8.64. The average molecular weight is 405 g/mol. The summed E-state index contributed by atoms with van der Waals surface area (Å²) >= 11 is 0. The van der Waals surface area contributed by atoms with E-state index in [4.69, 9.17) is 4.74 Å². The fourth-order valence-electron chi connectivity index (χ4n) is 3.87. The average Bonchev–Trinajstić information content (AvgIpc) is 2.65. The second-order valence-electron chi connectivity index (χ2n) is 7.83. The lowest BCUT2D eigenvalue weighted by molar-refractivity contribution is -0.120. The number of amides is 4. The topological polar surface area (TPSA) is 124 Å². The maximum Gasteiger partial charge on any atom is 0.407 e. The number of carbonyl (C=O) groups is 3. The van der Waals surface area contributed by atoms with E-state index in [2.05, 4.69) is 15.6 Å². The highest BCUT2D eigenvalue weighted by Gasteiger charge is 2.35. The predicted octanol–water partition coefficient (Wildman–Crippen LogP) is 1.42. The summed E-state index contributed by atoms with van der Waals surface area (Å²) in [7, 11) is 0. The van der Waals surface area contributed by atoms with E-state index in [1.165, 1.54) is 9.80 Å². The van der Waals surface area contributed by atoms with E-state index >= 15 is 0 Å². The molecule has 4 amide bonds. The molecule has 1 aromatic rings. The molecule has 2 saturated heterocycles. The van der Waals surface area contributed by atoms with Gasteiger partial charge in [0.2, 0.25) is 11.8 Å². The Kier molecular flexibility index (Phi) is 6.21. The minimum absolute atomic E-state index is 0.0993. The number of urea groups is 1. The SMILES string of the molecule is CC1CN(C(=O)O)CC(C)(CCCOc2ccc(N3CCC(=O)NC3=O)cn2)N1. The van der Waals surface area contributed by atoms with E-state index in [-0.39, 0.29) is 23.9 Å². The van der Waals surface area contributed by atoms with Crippen LogP contribution in [0.3, 0.4) is 0 Å². The summed E-state index contributed by atoms with van der Waals surface area (Å²) in [5.74, 6) is 0.172. The number of piperazine rings is 1. The van der Waals surface area contributed by atoms with Crippen LogP contribution >= 0.6 is 0 Å². The Morgan fingerprint density at radius 1 is 1.41 bits per heavy atom. The fourth-order valence-corrected chi connectivity index (χ4v) is 3.87. The van der Waals surface area contributed by atoms with Crippen LogP contribution in [0, 0.1) is 0 Å². The van der Waals surface area contributed by atoms with E-state index in [0.717, 1.165) is 12.8 Å². The van der Waals surface area contributed by atoms with Gasteiger partial charge >= 0.3 is 12.1 Å². The van der Waals surface area contributed by atoms with Crippen molar-refractivity contribution < 1.29 is 24.2 Å². The molecule has 158 valence electrons. The van der Waals surface area contributed by atoms with Gasteiger partial charge in [0.1, 0.15) is 0 Å². The highest BCUT2D eigenvalue weighted by molar-refractivity contribution is 6.05. The van der Waals surface area contributed by atoms with Crippen LogP contribution in [-0.2, 0) is 4.79 Å². The first-order chi connectivity index (χ1) is 13.8. The van der Waals surface area contributed by atoms with Crippen molar-refractivity contribution in [3.05, 3.63) is 18.3 Å². The number of hydrogen-bond acceptors (Lipinski definition) is 6. The lowest BCUT2D eigenvalue weighted by atomic mass is 9.91. The number of rotatable bonds is 6. The molecule has 1 aromatic heterocycles. The van der Waals surface area contributed by atoms with Crippen LogP contribution in [0.15, 0.2) is 18.3 Å². The van der Waals surface area contributed by atoms with Gasteiger partial charge in [-0.15, -0.1) is 0 Å². The van der Waals surface area contributed by atoms with Crippen LogP contribution in [0.25, 0.3) is 0 Å². The molecule has 0 aliphatic carbocycles. The third kappa shape index (κ3) is 5.35. The molecular formula is C19H27N5O5. The number of nitrogens with one attached hydrogen (secondary N) is 2. The number of ether oxygens (including phenoxy) is 1. The van der Waals surface area contributed by atoms with Crippen molar-refractivity contribution in [2.45, 2.75) is 44.7 Å². The van der Waals surface area contributed by atoms with Gasteiger partial charge in [-0.1, -0.05) is 0 Å². The number of imide groups is 1. The number of pyridine rings is 1. The Morgan fingerprint density at radius 3 is 2.86 bits per heavy atom. The monoisotopic (exact) mass is 405 g/mol. The first-order valence-electron chi connectivity index (χ1n) is 9.71. The summed E-state index contributed by atoms with van der Waals surface area (Å²) in [4.78, 5) is 41.5. The summed E-state index contributed by atoms with van der Waals surface area (Å²) < 4.78 is 5.69. The molecule has 0 spiro atoms. The third-order valence-corrected chi connectivity index (χ3v) is 5.11. The van der Waals surface area contributed by atoms with Crippen molar-refractivity contribution >= 4 is 23.7 Å². The zero-order chi connectivity index (χ0) is 21.0. The van der Waals surface area contributed by atoms with Crippen LogP contribution in [-0.4, -0.2) is 70.8 Å². The second-order valence-corrected chi connectivity index (χ2v) is 7.83. The van der Waals surface area contributed by atoms with E-state index in [9.17, 15) is 19.5 Å². The highest BCUT2D eigenvalue weighted by Crippen LogP contribution is 2.22. The van der Waals surface area contributed by atoms with Crippen molar-refractivity contribution in [1.82, 2.24) is 20.5 Å². The van der Waals surface area contributed by atoms with Crippen LogP contribution in [0.2, 0.25) is 0 Å². The molecule has 2 aliphatic rings. The molecule has 0 radical (unpaired) electrons. The van der Waals surface area contributed by atoms with Gasteiger partial charge in [0.25, 0.3) is 0 Å². The molecule has 10 nitrogen and oxygen atoms in total. The first-order valence-corrected chi connectivity index (χ1v) is 9.71. The first kappa shape index (κ1) is 20.8. The maximum atomic E-state index is 11.9. The molecule has 0 saturated carbocycles. The number of carbonyl (C=O) groups excluding carboxylic acids is 2. The maximum absolute atomic E-state index is 11.9. The summed E-state index contributed by atoms with van der Waals surface area (Å²) in [6.07, 6.45) is 2.41. The molecule has 0 aromatic carbocycles. The van der Waals surface area contributed by atoms with Gasteiger partial charge in [-0.2, -0.15) is 0 Å². The van der Waals surface area contributed by atoms with Crippen molar-refractivity contribution in [3.8, 4) is 5.88 Å². The molecule has 29 heavy (non-hydrogen) atoms. The van der Waals surface area contributed by atoms with Crippen LogP contribution in [0.4, 0.5) is 15.3 Å². The Bertz CT molecular complexity index is 771. The van der Waals surface area contributed by atoms with E-state index in [1.54, 1.807) is 18.3 Å². The molecule has 2 aliphatic heterocycles. The standard InChI is InChI=1S/C19H27N5O5/c1-13-11-23(18(27)28)12-19(2,22-13)7-3-9-29-16-5-4-14(10-20-16)24-8-6-15(25)21-17(24)26/h4-5,10,13,22H,3,6-9,11-12H2,1-2H3,(H,27,28)(H,21,25,26). The molecule has 3 N–H and O–H groups in total. The largest absolute Gasteiger partial charge is 0.478 e. The number of hydrogen-bond donors (Lipinski definition) is 3. The van der Waals surface area contributed by atoms with E-state index < -0.39 is 12.1 Å². The number of aromatic nitrogens is 1. The third-order valence-electron chi connectivity index (χ3n) is 5.11. The summed E-state index contributed by atoms with van der Waals surface area (Å²) in [5, 5.41) is 15.0. The molecular weight excluding hydrogens is 378 g/mol. The van der Waals surface area contributed by atoms with Gasteiger partial charge in [-0.05, 0) is 32.8 Å². The Labute approximate surface area is 169 Å². The van der Waals surface area contributed by atoms with Gasteiger partial charge < -0.3 is 20.1 Å². The predicted molar refractivity (Wildman–Crippen MR) is 105 cm³/mol. The number of anilines is 1. The molecule has 0 bridgehead atoms. The minimum atomic E-state index is -0.892. The van der Waals surface area contributed by atoms with Gasteiger partial charge in [0, 0.05) is 43.7 Å². The molecule has 10 heteroatoms.